The predicted octanol–water partition coefficient (Wildman–Crippen LogP) is -2.59. The second-order valence-electron chi connectivity index (χ2n) is 1.97. The zero-order chi connectivity index (χ0) is 8.97. The fourth-order valence-electron chi connectivity index (χ4n) is 0.708. The average Bonchev–Trinajstić information content (AvgIpc) is 2.51. The molecular formula is C8H4KNO2S. The van der Waals surface area contributed by atoms with Crippen molar-refractivity contribution in [2.75, 3.05) is 0 Å². The van der Waals surface area contributed by atoms with E-state index in [1.807, 2.05) is 0 Å². The van der Waals surface area contributed by atoms with Gasteiger partial charge in [-0.2, -0.15) is 5.26 Å². The van der Waals surface area contributed by atoms with Gasteiger partial charge in [-0.25, -0.2) is 0 Å². The Morgan fingerprint density at radius 3 is 2.77 bits per heavy atom. The Bertz CT molecular complexity index is 351. The topological polar surface area (TPSA) is 63.9 Å². The van der Waals surface area contributed by atoms with Gasteiger partial charge in [0.15, 0.2) is 0 Å². The van der Waals surface area contributed by atoms with Crippen LogP contribution < -0.4 is 56.5 Å². The molecule has 0 aliphatic carbocycles. The Hall–Kier alpha value is 0.0364. The van der Waals surface area contributed by atoms with Crippen LogP contribution in [0.2, 0.25) is 0 Å². The van der Waals surface area contributed by atoms with Crippen molar-refractivity contribution in [3.63, 3.8) is 0 Å². The van der Waals surface area contributed by atoms with Crippen LogP contribution in [-0.4, -0.2) is 5.97 Å². The summed E-state index contributed by atoms with van der Waals surface area (Å²) in [7, 11) is 0. The van der Waals surface area contributed by atoms with E-state index in [4.69, 9.17) is 5.26 Å². The van der Waals surface area contributed by atoms with Crippen LogP contribution in [0, 0.1) is 11.3 Å². The van der Waals surface area contributed by atoms with Gasteiger partial charge in [0.1, 0.15) is 6.07 Å². The molecule has 3 nitrogen and oxygen atoms in total. The molecule has 1 rings (SSSR count). The molecule has 0 fully saturated rings. The number of carbonyl (C=O) groups is 1. The van der Waals surface area contributed by atoms with Gasteiger partial charge in [-0.3, -0.25) is 0 Å². The summed E-state index contributed by atoms with van der Waals surface area (Å²) in [5, 5.41) is 20.4. The molecule has 0 N–H and O–H groups in total. The second-order valence-corrected chi connectivity index (χ2v) is 2.91. The van der Waals surface area contributed by atoms with Crippen molar-refractivity contribution >= 4 is 22.9 Å². The monoisotopic (exact) mass is 217 g/mol. The second kappa shape index (κ2) is 6.48. The number of aliphatic carboxylic acids is 1. The van der Waals surface area contributed by atoms with E-state index in [1.54, 1.807) is 23.6 Å². The molecule has 0 saturated carbocycles. The van der Waals surface area contributed by atoms with Crippen molar-refractivity contribution in [2.24, 2.45) is 0 Å². The molecule has 0 atom stereocenters. The van der Waals surface area contributed by atoms with Gasteiger partial charge in [0.25, 0.3) is 0 Å². The summed E-state index contributed by atoms with van der Waals surface area (Å²) >= 11 is 1.32. The summed E-state index contributed by atoms with van der Waals surface area (Å²) in [4.78, 5) is 10.8. The van der Waals surface area contributed by atoms with Crippen molar-refractivity contribution in [3.05, 3.63) is 28.5 Å². The van der Waals surface area contributed by atoms with Crippen molar-refractivity contribution < 1.29 is 61.3 Å². The van der Waals surface area contributed by atoms with E-state index in [0.29, 0.717) is 4.88 Å². The number of nitrogens with zero attached hydrogens (tertiary/aromatic N) is 1. The summed E-state index contributed by atoms with van der Waals surface area (Å²) in [5.41, 5.74) is 0.130. The summed E-state index contributed by atoms with van der Waals surface area (Å²) in [6.07, 6.45) is 0.797. The number of nitriles is 1. The Morgan fingerprint density at radius 2 is 2.38 bits per heavy atom. The first-order valence-electron chi connectivity index (χ1n) is 3.10. The fourth-order valence-corrected chi connectivity index (χ4v) is 1.40. The zero-order valence-electron chi connectivity index (χ0n) is 6.98. The van der Waals surface area contributed by atoms with Crippen LogP contribution in [0.3, 0.4) is 0 Å². The number of thiophene rings is 1. The molecule has 1 heterocycles. The van der Waals surface area contributed by atoms with Gasteiger partial charge >= 0.3 is 51.4 Å². The van der Waals surface area contributed by atoms with E-state index >= 15 is 0 Å². The largest absolute Gasteiger partial charge is 1.00 e. The minimum absolute atomic E-state index is 0. The van der Waals surface area contributed by atoms with Gasteiger partial charge in [0.2, 0.25) is 0 Å². The van der Waals surface area contributed by atoms with E-state index < -0.39 is 5.97 Å². The number of carbonyl (C=O) groups excluding carboxylic acids is 1. The van der Waals surface area contributed by atoms with Crippen LogP contribution in [-0.2, 0) is 4.79 Å². The minimum Gasteiger partial charge on any atom is -0.545 e. The molecule has 0 amide bonds. The number of hydrogen-bond acceptors (Lipinski definition) is 4. The molecule has 0 saturated heterocycles. The van der Waals surface area contributed by atoms with Gasteiger partial charge < -0.3 is 9.90 Å². The first-order chi connectivity index (χ1) is 5.74. The van der Waals surface area contributed by atoms with Crippen molar-refractivity contribution in [1.82, 2.24) is 0 Å². The third-order valence-corrected chi connectivity index (χ3v) is 2.07. The summed E-state index contributed by atoms with van der Waals surface area (Å²) < 4.78 is 0. The molecular weight excluding hydrogens is 213 g/mol. The first-order valence-corrected chi connectivity index (χ1v) is 3.98. The number of carboxylic acid groups (broad SMARTS) is 1. The first kappa shape index (κ1) is 13.0. The van der Waals surface area contributed by atoms with Gasteiger partial charge in [-0.15, -0.1) is 11.3 Å². The van der Waals surface area contributed by atoms with E-state index in [1.165, 1.54) is 11.3 Å². The Kier molecular flexibility index (Phi) is 6.50. The SMILES string of the molecule is N#C/C(=C/C(=O)[O-])c1cccs1.[K+]. The van der Waals surface area contributed by atoms with E-state index in [-0.39, 0.29) is 57.0 Å². The van der Waals surface area contributed by atoms with Gasteiger partial charge in [0.05, 0.1) is 11.5 Å². The predicted molar refractivity (Wildman–Crippen MR) is 42.9 cm³/mol. The van der Waals surface area contributed by atoms with Crippen molar-refractivity contribution in [3.8, 4) is 6.07 Å². The summed E-state index contributed by atoms with van der Waals surface area (Å²) in [5.74, 6) is -1.35. The Balaban J connectivity index is 0.00000144. The van der Waals surface area contributed by atoms with Crippen LogP contribution in [0.4, 0.5) is 0 Å². The third-order valence-electron chi connectivity index (χ3n) is 1.17. The van der Waals surface area contributed by atoms with Crippen molar-refractivity contribution in [2.45, 2.75) is 0 Å². The molecule has 5 heteroatoms. The maximum Gasteiger partial charge on any atom is 1.00 e. The molecule has 0 bridgehead atoms. The third kappa shape index (κ3) is 4.18. The summed E-state index contributed by atoms with van der Waals surface area (Å²) in [6, 6.07) is 5.22. The van der Waals surface area contributed by atoms with Crippen LogP contribution >= 0.6 is 11.3 Å². The minimum atomic E-state index is -1.35. The van der Waals surface area contributed by atoms with Crippen LogP contribution in [0.5, 0.6) is 0 Å². The summed E-state index contributed by atoms with van der Waals surface area (Å²) in [6.45, 7) is 0. The van der Waals surface area contributed by atoms with Crippen LogP contribution in [0.1, 0.15) is 4.88 Å². The van der Waals surface area contributed by atoms with Crippen molar-refractivity contribution in [1.29, 1.82) is 5.26 Å². The van der Waals surface area contributed by atoms with Crippen LogP contribution in [0.25, 0.3) is 5.57 Å². The molecule has 0 spiro atoms. The molecule has 0 unspecified atom stereocenters. The van der Waals surface area contributed by atoms with Gasteiger partial charge in [0, 0.05) is 4.88 Å². The van der Waals surface area contributed by atoms with Gasteiger partial charge in [-0.05, 0) is 17.5 Å². The molecule has 0 radical (unpaired) electrons. The quantitative estimate of drug-likeness (QED) is 0.310. The maximum atomic E-state index is 10.1. The van der Waals surface area contributed by atoms with E-state index in [2.05, 4.69) is 0 Å². The smallest absolute Gasteiger partial charge is 0.545 e. The number of hydrogen-bond donors (Lipinski definition) is 0. The molecule has 13 heavy (non-hydrogen) atoms. The van der Waals surface area contributed by atoms with Gasteiger partial charge in [-0.1, -0.05) is 6.07 Å². The molecule has 0 aromatic carbocycles. The molecule has 1 aromatic heterocycles. The number of carboxylic acids is 1. The molecule has 60 valence electrons. The fraction of sp³-hybridized carbons (Fsp3) is 0. The Labute approximate surface area is 122 Å². The van der Waals surface area contributed by atoms with Crippen LogP contribution in [0.15, 0.2) is 23.6 Å². The Morgan fingerprint density at radius 1 is 1.69 bits per heavy atom. The maximum absolute atomic E-state index is 10.1. The molecule has 1 aromatic rings. The number of allylic oxidation sites excluding steroid dienone is 1. The number of rotatable bonds is 2. The molecule has 0 aliphatic heterocycles. The average molecular weight is 217 g/mol. The standard InChI is InChI=1S/C8H5NO2S.K/c9-5-6(4-8(10)11)7-2-1-3-12-7;/h1-4H,(H,10,11);/q;+1/p-1/b6-4-;. The van der Waals surface area contributed by atoms with E-state index in [9.17, 15) is 9.90 Å². The zero-order valence-corrected chi connectivity index (χ0v) is 10.9. The normalized spacial score (nSPS) is 9.92. The van der Waals surface area contributed by atoms with E-state index in [0.717, 1.165) is 6.08 Å². The molecule has 0 aliphatic rings.